The molecule has 4 aliphatic rings. The van der Waals surface area contributed by atoms with Crippen molar-refractivity contribution >= 4 is 17.7 Å². The first-order valence-electron chi connectivity index (χ1n) is 8.85. The fourth-order valence-electron chi connectivity index (χ4n) is 4.51. The molecule has 6 heteroatoms. The number of carbonyl (C=O) groups is 1. The number of nitrogens with two attached hydrogens (primary N) is 1. The van der Waals surface area contributed by atoms with Gasteiger partial charge in [0.15, 0.2) is 0 Å². The van der Waals surface area contributed by atoms with Crippen molar-refractivity contribution in [1.82, 2.24) is 9.97 Å². The minimum Gasteiger partial charge on any atom is -0.365 e. The summed E-state index contributed by atoms with van der Waals surface area (Å²) in [6.45, 7) is 0. The van der Waals surface area contributed by atoms with Crippen molar-refractivity contribution in [2.75, 3.05) is 10.6 Å². The van der Waals surface area contributed by atoms with Gasteiger partial charge in [-0.3, -0.25) is 4.79 Å². The predicted molar refractivity (Wildman–Crippen MR) is 89.4 cm³/mol. The molecule has 0 unspecified atom stereocenters. The topological polar surface area (TPSA) is 92.9 Å². The molecule has 4 N–H and O–H groups in total. The number of hydrogen-bond acceptors (Lipinski definition) is 5. The van der Waals surface area contributed by atoms with Crippen molar-refractivity contribution in [3.63, 3.8) is 0 Å². The maximum absolute atomic E-state index is 11.7. The van der Waals surface area contributed by atoms with Crippen molar-refractivity contribution in [3.05, 3.63) is 11.8 Å². The van der Waals surface area contributed by atoms with E-state index in [1.54, 1.807) is 6.20 Å². The Bertz CT molecular complexity index is 599. The van der Waals surface area contributed by atoms with Crippen molar-refractivity contribution in [2.45, 2.75) is 69.4 Å². The lowest BCUT2D eigenvalue weighted by Crippen LogP contribution is -2.43. The summed E-state index contributed by atoms with van der Waals surface area (Å²) in [5.74, 6) is 1.59. The Labute approximate surface area is 136 Å². The average Bonchev–Trinajstić information content (AvgIpc) is 3.08. The van der Waals surface area contributed by atoms with Gasteiger partial charge in [-0.1, -0.05) is 19.3 Å². The van der Waals surface area contributed by atoms with Crippen LogP contribution in [0.4, 0.5) is 11.8 Å². The molecule has 0 atom stereocenters. The number of amides is 1. The lowest BCUT2D eigenvalue weighted by molar-refractivity contribution is 0.1000. The van der Waals surface area contributed by atoms with Gasteiger partial charge in [0.25, 0.3) is 5.91 Å². The number of fused-ring (bicyclic) bond motifs is 1. The van der Waals surface area contributed by atoms with Crippen LogP contribution in [0.3, 0.4) is 0 Å². The van der Waals surface area contributed by atoms with Crippen LogP contribution in [0.1, 0.15) is 68.1 Å². The summed E-state index contributed by atoms with van der Waals surface area (Å²) in [7, 11) is 0. The SMILES string of the molecule is NC(=O)c1cnc(NC2CCCCC2)nc1NC12CCC(C1)C2. The van der Waals surface area contributed by atoms with Gasteiger partial charge in [0.05, 0.1) is 5.56 Å². The van der Waals surface area contributed by atoms with Gasteiger partial charge in [-0.25, -0.2) is 4.98 Å². The van der Waals surface area contributed by atoms with Crippen LogP contribution in [0.5, 0.6) is 0 Å². The highest BCUT2D eigenvalue weighted by molar-refractivity contribution is 5.97. The van der Waals surface area contributed by atoms with Gasteiger partial charge in [-0.2, -0.15) is 4.98 Å². The molecule has 4 fully saturated rings. The Morgan fingerprint density at radius 1 is 1.22 bits per heavy atom. The summed E-state index contributed by atoms with van der Waals surface area (Å²) < 4.78 is 0. The van der Waals surface area contributed by atoms with E-state index in [2.05, 4.69) is 20.6 Å². The fourth-order valence-corrected chi connectivity index (χ4v) is 4.51. The van der Waals surface area contributed by atoms with Gasteiger partial charge in [0.1, 0.15) is 5.82 Å². The number of hydrogen-bond donors (Lipinski definition) is 3. The summed E-state index contributed by atoms with van der Waals surface area (Å²) in [4.78, 5) is 20.6. The Hall–Kier alpha value is -1.85. The van der Waals surface area contributed by atoms with E-state index < -0.39 is 5.91 Å². The van der Waals surface area contributed by atoms with Gasteiger partial charge in [-0.05, 0) is 44.4 Å². The normalized spacial score (nSPS) is 29.8. The Morgan fingerprint density at radius 2 is 2.00 bits per heavy atom. The molecule has 6 nitrogen and oxygen atoms in total. The first kappa shape index (κ1) is 14.7. The lowest BCUT2D eigenvalue weighted by atomic mass is 9.77. The zero-order valence-electron chi connectivity index (χ0n) is 13.5. The number of carbonyl (C=O) groups excluding carboxylic acids is 1. The van der Waals surface area contributed by atoms with Crippen LogP contribution < -0.4 is 16.4 Å². The summed E-state index contributed by atoms with van der Waals surface area (Å²) >= 11 is 0. The molecule has 124 valence electrons. The Kier molecular flexibility index (Phi) is 3.62. The molecule has 1 aromatic rings. The molecule has 0 aliphatic heterocycles. The summed E-state index contributed by atoms with van der Waals surface area (Å²) in [6, 6.07) is 0.439. The maximum Gasteiger partial charge on any atom is 0.254 e. The van der Waals surface area contributed by atoms with Gasteiger partial charge in [0, 0.05) is 17.8 Å². The summed E-state index contributed by atoms with van der Waals surface area (Å²) in [5, 5.41) is 6.94. The highest BCUT2D eigenvalue weighted by atomic mass is 16.1. The molecule has 4 saturated carbocycles. The second-order valence-corrected chi connectivity index (χ2v) is 7.52. The monoisotopic (exact) mass is 315 g/mol. The van der Waals surface area contributed by atoms with Crippen LogP contribution in [0, 0.1) is 5.92 Å². The third-order valence-corrected chi connectivity index (χ3v) is 5.77. The van der Waals surface area contributed by atoms with Crippen LogP contribution in [-0.4, -0.2) is 27.5 Å². The van der Waals surface area contributed by atoms with Crippen LogP contribution in [0.25, 0.3) is 0 Å². The number of rotatable bonds is 5. The molecular weight excluding hydrogens is 290 g/mol. The van der Waals surface area contributed by atoms with Crippen molar-refractivity contribution in [1.29, 1.82) is 0 Å². The zero-order chi connectivity index (χ0) is 15.9. The molecule has 23 heavy (non-hydrogen) atoms. The first-order valence-corrected chi connectivity index (χ1v) is 8.85. The number of nitrogens with one attached hydrogen (secondary N) is 2. The minimum absolute atomic E-state index is 0.130. The number of aromatic nitrogens is 2. The largest absolute Gasteiger partial charge is 0.365 e. The van der Waals surface area contributed by atoms with E-state index >= 15 is 0 Å². The smallest absolute Gasteiger partial charge is 0.254 e. The second-order valence-electron chi connectivity index (χ2n) is 7.52. The van der Waals surface area contributed by atoms with Crippen LogP contribution >= 0.6 is 0 Å². The number of anilines is 2. The fraction of sp³-hybridized carbons (Fsp3) is 0.706. The quantitative estimate of drug-likeness (QED) is 0.777. The van der Waals surface area contributed by atoms with Crippen molar-refractivity contribution < 1.29 is 4.79 Å². The van der Waals surface area contributed by atoms with Crippen LogP contribution in [-0.2, 0) is 0 Å². The van der Waals surface area contributed by atoms with E-state index in [9.17, 15) is 4.79 Å². The molecule has 2 bridgehead atoms. The third-order valence-electron chi connectivity index (χ3n) is 5.77. The van der Waals surface area contributed by atoms with E-state index in [0.717, 1.165) is 25.2 Å². The summed E-state index contributed by atoms with van der Waals surface area (Å²) in [6.07, 6.45) is 12.5. The van der Waals surface area contributed by atoms with E-state index in [4.69, 9.17) is 5.73 Å². The van der Waals surface area contributed by atoms with Crippen LogP contribution in [0.2, 0.25) is 0 Å². The van der Waals surface area contributed by atoms with E-state index in [-0.39, 0.29) is 5.54 Å². The minimum atomic E-state index is -0.470. The number of primary amides is 1. The highest BCUT2D eigenvalue weighted by Gasteiger charge is 2.50. The Balaban J connectivity index is 1.54. The van der Waals surface area contributed by atoms with Crippen LogP contribution in [0.15, 0.2) is 6.20 Å². The van der Waals surface area contributed by atoms with Gasteiger partial charge < -0.3 is 16.4 Å². The molecule has 0 spiro atoms. The standard InChI is InChI=1S/C17H25N5O/c18-14(23)13-10-19-16(20-12-4-2-1-3-5-12)21-15(13)22-17-7-6-11(8-17)9-17/h10-12H,1-9H2,(H2,18,23)(H2,19,20,21,22). The molecule has 1 heterocycles. The van der Waals surface area contributed by atoms with Gasteiger partial charge >= 0.3 is 0 Å². The molecule has 1 amide bonds. The molecule has 0 aromatic carbocycles. The predicted octanol–water partition coefficient (Wildman–Crippen LogP) is 2.67. The molecule has 1 aromatic heterocycles. The van der Waals surface area contributed by atoms with Gasteiger partial charge in [0.2, 0.25) is 5.95 Å². The lowest BCUT2D eigenvalue weighted by Gasteiger charge is -2.40. The second kappa shape index (κ2) is 5.65. The molecular formula is C17H25N5O. The van der Waals surface area contributed by atoms with E-state index in [0.29, 0.717) is 23.4 Å². The zero-order valence-corrected chi connectivity index (χ0v) is 13.5. The highest BCUT2D eigenvalue weighted by Crippen LogP contribution is 2.53. The molecule has 5 rings (SSSR count). The average molecular weight is 315 g/mol. The third kappa shape index (κ3) is 2.86. The molecule has 4 aliphatic carbocycles. The van der Waals surface area contributed by atoms with Gasteiger partial charge in [-0.15, -0.1) is 0 Å². The summed E-state index contributed by atoms with van der Waals surface area (Å²) in [5.41, 5.74) is 6.02. The van der Waals surface area contributed by atoms with E-state index in [1.165, 1.54) is 38.5 Å². The molecule has 0 radical (unpaired) electrons. The Morgan fingerprint density at radius 3 is 2.65 bits per heavy atom. The molecule has 0 saturated heterocycles. The first-order chi connectivity index (χ1) is 11.1. The number of nitrogens with zero attached hydrogens (tertiary/aromatic N) is 2. The maximum atomic E-state index is 11.7. The van der Waals surface area contributed by atoms with Crippen molar-refractivity contribution in [2.24, 2.45) is 11.7 Å². The van der Waals surface area contributed by atoms with E-state index in [1.807, 2.05) is 0 Å². The van der Waals surface area contributed by atoms with Crippen molar-refractivity contribution in [3.8, 4) is 0 Å².